The van der Waals surface area contributed by atoms with Gasteiger partial charge >= 0.3 is 0 Å². The maximum Gasteiger partial charge on any atom is 0.243 e. The first-order valence-electron chi connectivity index (χ1n) is 11.5. The number of amides is 1. The van der Waals surface area contributed by atoms with E-state index in [1.165, 1.54) is 23.4 Å². The molecule has 5 N–H and O–H groups in total. The number of aliphatic hydroxyl groups excluding tert-OH is 1. The SMILES string of the molecule is CC(=O)Nc1ncc(-c2ccc(S(=O)(=O)N(CC(C)C)CC(O)C(N)Cc3ccccc3)cc2)[nH]1. The number of nitrogens with two attached hydrogens (primary N) is 1. The molecule has 0 bridgehead atoms. The molecule has 0 spiro atoms. The second kappa shape index (κ2) is 11.6. The summed E-state index contributed by atoms with van der Waals surface area (Å²) in [6.45, 7) is 5.38. The molecule has 0 aliphatic carbocycles. The number of imidazole rings is 1. The number of aromatic amines is 1. The fourth-order valence-electron chi connectivity index (χ4n) is 3.70. The van der Waals surface area contributed by atoms with Crippen molar-refractivity contribution in [3.63, 3.8) is 0 Å². The number of rotatable bonds is 11. The van der Waals surface area contributed by atoms with Crippen molar-refractivity contribution in [2.24, 2.45) is 11.7 Å². The zero-order valence-corrected chi connectivity index (χ0v) is 21.0. The van der Waals surface area contributed by atoms with Crippen molar-refractivity contribution in [3.05, 3.63) is 66.4 Å². The summed E-state index contributed by atoms with van der Waals surface area (Å²) >= 11 is 0. The van der Waals surface area contributed by atoms with Crippen molar-refractivity contribution in [2.75, 3.05) is 18.4 Å². The lowest BCUT2D eigenvalue weighted by atomic mass is 10.0. The average Bonchev–Trinajstić information content (AvgIpc) is 3.26. The molecule has 0 aliphatic rings. The molecule has 2 atom stereocenters. The summed E-state index contributed by atoms with van der Waals surface area (Å²) in [4.78, 5) is 18.4. The maximum absolute atomic E-state index is 13.5. The van der Waals surface area contributed by atoms with Crippen LogP contribution in [-0.2, 0) is 21.2 Å². The highest BCUT2D eigenvalue weighted by atomic mass is 32.2. The number of hydrogen-bond acceptors (Lipinski definition) is 6. The number of aliphatic hydroxyl groups is 1. The fraction of sp³-hybridized carbons (Fsp3) is 0.360. The van der Waals surface area contributed by atoms with Crippen molar-refractivity contribution >= 4 is 21.9 Å². The topological polar surface area (TPSA) is 141 Å². The number of aromatic nitrogens is 2. The molecule has 1 aromatic heterocycles. The van der Waals surface area contributed by atoms with Gasteiger partial charge in [0.25, 0.3) is 0 Å². The van der Waals surface area contributed by atoms with Crippen molar-refractivity contribution < 1.29 is 18.3 Å². The van der Waals surface area contributed by atoms with Crippen LogP contribution in [0.2, 0.25) is 0 Å². The van der Waals surface area contributed by atoms with E-state index in [9.17, 15) is 18.3 Å². The van der Waals surface area contributed by atoms with E-state index in [0.717, 1.165) is 5.56 Å². The monoisotopic (exact) mass is 499 g/mol. The van der Waals surface area contributed by atoms with Gasteiger partial charge in [0.05, 0.1) is 22.9 Å². The number of anilines is 1. The predicted molar refractivity (Wildman–Crippen MR) is 136 cm³/mol. The van der Waals surface area contributed by atoms with Gasteiger partial charge in [-0.1, -0.05) is 56.3 Å². The van der Waals surface area contributed by atoms with Crippen LogP contribution in [0.4, 0.5) is 5.95 Å². The molecule has 1 amide bonds. The van der Waals surface area contributed by atoms with Crippen LogP contribution >= 0.6 is 0 Å². The van der Waals surface area contributed by atoms with Crippen LogP contribution in [0.5, 0.6) is 0 Å². The predicted octanol–water partition coefficient (Wildman–Crippen LogP) is 2.61. The highest BCUT2D eigenvalue weighted by molar-refractivity contribution is 7.89. The zero-order valence-electron chi connectivity index (χ0n) is 20.2. The Morgan fingerprint density at radius 1 is 1.11 bits per heavy atom. The zero-order chi connectivity index (χ0) is 25.6. The molecule has 0 saturated heterocycles. The molecule has 0 saturated carbocycles. The van der Waals surface area contributed by atoms with E-state index < -0.39 is 22.2 Å². The molecule has 1 heterocycles. The minimum Gasteiger partial charge on any atom is -0.390 e. The third-order valence-electron chi connectivity index (χ3n) is 5.44. The van der Waals surface area contributed by atoms with Crippen molar-refractivity contribution in [1.82, 2.24) is 14.3 Å². The first-order valence-corrected chi connectivity index (χ1v) is 12.9. The summed E-state index contributed by atoms with van der Waals surface area (Å²) in [7, 11) is -3.87. The summed E-state index contributed by atoms with van der Waals surface area (Å²) in [5.74, 6) is 0.121. The lowest BCUT2D eigenvalue weighted by molar-refractivity contribution is -0.114. The Balaban J connectivity index is 1.76. The normalized spacial score (nSPS) is 13.7. The molecule has 2 aromatic carbocycles. The molecular formula is C25H33N5O4S. The lowest BCUT2D eigenvalue weighted by Gasteiger charge is -2.28. The van der Waals surface area contributed by atoms with Gasteiger partial charge in [0.2, 0.25) is 21.9 Å². The van der Waals surface area contributed by atoms with Gasteiger partial charge in [0, 0.05) is 26.1 Å². The van der Waals surface area contributed by atoms with Crippen LogP contribution in [0, 0.1) is 5.92 Å². The van der Waals surface area contributed by atoms with Crippen LogP contribution in [-0.4, -0.2) is 58.9 Å². The molecule has 0 fully saturated rings. The number of hydrogen-bond donors (Lipinski definition) is 4. The number of H-pyrrole nitrogens is 1. The second-order valence-electron chi connectivity index (χ2n) is 8.99. The van der Waals surface area contributed by atoms with E-state index in [4.69, 9.17) is 5.73 Å². The Hall–Kier alpha value is -3.05. The summed E-state index contributed by atoms with van der Waals surface area (Å²) in [6.07, 6.45) is 0.974. The van der Waals surface area contributed by atoms with Crippen LogP contribution < -0.4 is 11.1 Å². The minimum atomic E-state index is -3.87. The highest BCUT2D eigenvalue weighted by Crippen LogP contribution is 2.24. The fourth-order valence-corrected chi connectivity index (χ4v) is 5.32. The van der Waals surface area contributed by atoms with Gasteiger partial charge < -0.3 is 15.8 Å². The summed E-state index contributed by atoms with van der Waals surface area (Å²) < 4.78 is 28.2. The van der Waals surface area contributed by atoms with E-state index in [1.807, 2.05) is 44.2 Å². The van der Waals surface area contributed by atoms with Gasteiger partial charge in [-0.2, -0.15) is 4.31 Å². The number of sulfonamides is 1. The van der Waals surface area contributed by atoms with Crippen LogP contribution in [0.25, 0.3) is 11.3 Å². The molecule has 3 aromatic rings. The Kier molecular flexibility index (Phi) is 8.79. The van der Waals surface area contributed by atoms with Crippen LogP contribution in [0.15, 0.2) is 65.7 Å². The molecule has 3 rings (SSSR count). The number of carbonyl (C=O) groups is 1. The van der Waals surface area contributed by atoms with E-state index >= 15 is 0 Å². The number of nitrogens with zero attached hydrogens (tertiary/aromatic N) is 2. The Bertz CT molecular complexity index is 1210. The average molecular weight is 500 g/mol. The Labute approximate surface area is 206 Å². The van der Waals surface area contributed by atoms with Crippen molar-refractivity contribution in [1.29, 1.82) is 0 Å². The smallest absolute Gasteiger partial charge is 0.243 e. The van der Waals surface area contributed by atoms with Crippen LogP contribution in [0.3, 0.4) is 0 Å². The second-order valence-corrected chi connectivity index (χ2v) is 10.9. The van der Waals surface area contributed by atoms with Crippen LogP contribution in [0.1, 0.15) is 26.3 Å². The van der Waals surface area contributed by atoms with Gasteiger partial charge in [-0.15, -0.1) is 0 Å². The molecule has 188 valence electrons. The van der Waals surface area contributed by atoms with Gasteiger partial charge in [-0.25, -0.2) is 13.4 Å². The molecule has 2 unspecified atom stereocenters. The van der Waals surface area contributed by atoms with E-state index in [0.29, 0.717) is 23.6 Å². The van der Waals surface area contributed by atoms with Gasteiger partial charge in [0.1, 0.15) is 0 Å². The number of carbonyl (C=O) groups excluding carboxylic acids is 1. The quantitative estimate of drug-likeness (QED) is 0.320. The molecule has 0 radical (unpaired) electrons. The summed E-state index contributed by atoms with van der Waals surface area (Å²) in [6, 6.07) is 15.3. The Morgan fingerprint density at radius 3 is 2.37 bits per heavy atom. The molecule has 9 nitrogen and oxygen atoms in total. The van der Waals surface area contributed by atoms with E-state index in [-0.39, 0.29) is 29.8 Å². The van der Waals surface area contributed by atoms with Gasteiger partial charge in [-0.3, -0.25) is 10.1 Å². The number of nitrogens with one attached hydrogen (secondary N) is 2. The first kappa shape index (κ1) is 26.6. The summed E-state index contributed by atoms with van der Waals surface area (Å²) in [5.41, 5.74) is 8.55. The van der Waals surface area contributed by atoms with Crippen molar-refractivity contribution in [3.8, 4) is 11.3 Å². The highest BCUT2D eigenvalue weighted by Gasteiger charge is 2.29. The largest absolute Gasteiger partial charge is 0.390 e. The third-order valence-corrected chi connectivity index (χ3v) is 7.29. The Morgan fingerprint density at radius 2 is 1.77 bits per heavy atom. The maximum atomic E-state index is 13.5. The first-order chi connectivity index (χ1) is 16.6. The molecule has 35 heavy (non-hydrogen) atoms. The molecular weight excluding hydrogens is 466 g/mol. The molecule has 10 heteroatoms. The standard InChI is InChI=1S/C25H33N5O4S/c1-17(2)15-30(16-24(32)22(26)13-19-7-5-4-6-8-19)35(33,34)21-11-9-20(10-12-21)23-14-27-25(29-23)28-18(3)31/h4-12,14,17,22,24,32H,13,15-16,26H2,1-3H3,(H2,27,28,29,31). The van der Waals surface area contributed by atoms with Gasteiger partial charge in [-0.05, 0) is 35.6 Å². The summed E-state index contributed by atoms with van der Waals surface area (Å²) in [5, 5.41) is 13.3. The third kappa shape index (κ3) is 7.22. The number of benzene rings is 2. The van der Waals surface area contributed by atoms with E-state index in [2.05, 4.69) is 15.3 Å². The van der Waals surface area contributed by atoms with E-state index in [1.54, 1.807) is 18.3 Å². The van der Waals surface area contributed by atoms with Gasteiger partial charge in [0.15, 0.2) is 0 Å². The minimum absolute atomic E-state index is 0.0544. The lowest BCUT2D eigenvalue weighted by Crippen LogP contribution is -2.47. The molecule has 0 aliphatic heterocycles. The van der Waals surface area contributed by atoms with Crippen molar-refractivity contribution in [2.45, 2.75) is 44.2 Å².